The van der Waals surface area contributed by atoms with Crippen molar-refractivity contribution in [2.75, 3.05) is 26.2 Å². The minimum Gasteiger partial charge on any atom is -0.361 e. The zero-order valence-corrected chi connectivity index (χ0v) is 24.0. The van der Waals surface area contributed by atoms with Gasteiger partial charge in [-0.2, -0.15) is 5.10 Å². The molecule has 2 amide bonds. The van der Waals surface area contributed by atoms with Crippen molar-refractivity contribution in [1.29, 1.82) is 0 Å². The first-order valence-electron chi connectivity index (χ1n) is 14.3. The van der Waals surface area contributed by atoms with Crippen molar-refractivity contribution in [1.82, 2.24) is 39.6 Å². The van der Waals surface area contributed by atoms with Crippen molar-refractivity contribution in [2.24, 2.45) is 0 Å². The largest absolute Gasteiger partial charge is 0.361 e. The normalized spacial score (nSPS) is 17.1. The van der Waals surface area contributed by atoms with Gasteiger partial charge in [-0.25, -0.2) is 9.50 Å². The van der Waals surface area contributed by atoms with Crippen LogP contribution in [-0.2, 0) is 0 Å². The molecular weight excluding hydrogens is 536 g/mol. The monoisotopic (exact) mass is 568 g/mol. The van der Waals surface area contributed by atoms with Crippen LogP contribution < -0.4 is 0 Å². The van der Waals surface area contributed by atoms with E-state index in [1.165, 1.54) is 16.5 Å². The topological polar surface area (TPSA) is 112 Å². The SMILES string of the molecule is Cc1cc2nnc(C(=O)N3CCC(c4nc(C(=O)N5CCC(c6c[nH]c7ccccc67)CC5)cs4)CC3)c(C)n2n1. The summed E-state index contributed by atoms with van der Waals surface area (Å²) in [5.74, 6) is 0.599. The van der Waals surface area contributed by atoms with Crippen LogP contribution in [0.3, 0.4) is 0 Å². The Labute approximate surface area is 241 Å². The Hall–Kier alpha value is -4.12. The van der Waals surface area contributed by atoms with E-state index in [0.717, 1.165) is 49.5 Å². The van der Waals surface area contributed by atoms with Crippen LogP contribution in [0.4, 0.5) is 0 Å². The molecule has 10 nitrogen and oxygen atoms in total. The van der Waals surface area contributed by atoms with Crippen LogP contribution in [0.2, 0.25) is 0 Å². The van der Waals surface area contributed by atoms with Crippen molar-refractivity contribution >= 4 is 39.7 Å². The third-order valence-corrected chi connectivity index (χ3v) is 9.65. The molecule has 0 saturated carbocycles. The molecule has 2 aliphatic heterocycles. The lowest BCUT2D eigenvalue weighted by atomic mass is 9.89. The number of hydrogen-bond acceptors (Lipinski definition) is 7. The van der Waals surface area contributed by atoms with E-state index in [1.807, 2.05) is 35.1 Å². The van der Waals surface area contributed by atoms with E-state index >= 15 is 0 Å². The molecule has 1 aromatic carbocycles. The Morgan fingerprint density at radius 2 is 1.63 bits per heavy atom. The highest BCUT2D eigenvalue weighted by atomic mass is 32.1. The minimum atomic E-state index is -0.116. The predicted molar refractivity (Wildman–Crippen MR) is 156 cm³/mol. The number of H-pyrrole nitrogens is 1. The molecular formula is C30H32N8O2S. The Kier molecular flexibility index (Phi) is 6.53. The van der Waals surface area contributed by atoms with Crippen LogP contribution in [-0.4, -0.2) is 77.6 Å². The van der Waals surface area contributed by atoms with Crippen LogP contribution in [0.5, 0.6) is 0 Å². The molecule has 6 heterocycles. The summed E-state index contributed by atoms with van der Waals surface area (Å²) >= 11 is 1.56. The zero-order valence-electron chi connectivity index (χ0n) is 23.2. The third-order valence-electron chi connectivity index (χ3n) is 8.64. The number of likely N-dealkylation sites (tertiary alicyclic amines) is 2. The first-order chi connectivity index (χ1) is 20.0. The van der Waals surface area contributed by atoms with Crippen molar-refractivity contribution in [3.63, 3.8) is 0 Å². The number of aromatic amines is 1. The van der Waals surface area contributed by atoms with Gasteiger partial charge in [-0.05, 0) is 57.1 Å². The lowest BCUT2D eigenvalue weighted by Crippen LogP contribution is -2.39. The van der Waals surface area contributed by atoms with Gasteiger partial charge in [0.25, 0.3) is 11.8 Å². The summed E-state index contributed by atoms with van der Waals surface area (Å²) in [6.45, 7) is 6.46. The number of aromatic nitrogens is 6. The molecule has 4 aromatic heterocycles. The van der Waals surface area contributed by atoms with Crippen LogP contribution in [0, 0.1) is 13.8 Å². The molecule has 0 aliphatic carbocycles. The number of carbonyl (C=O) groups excluding carboxylic acids is 2. The number of para-hydroxylation sites is 1. The minimum absolute atomic E-state index is 0.0239. The lowest BCUT2D eigenvalue weighted by molar-refractivity contribution is 0.0702. The maximum absolute atomic E-state index is 13.3. The molecule has 2 saturated heterocycles. The molecule has 2 fully saturated rings. The summed E-state index contributed by atoms with van der Waals surface area (Å²) < 4.78 is 1.68. The highest BCUT2D eigenvalue weighted by Crippen LogP contribution is 2.35. The van der Waals surface area contributed by atoms with Gasteiger partial charge in [0.05, 0.1) is 16.4 Å². The number of rotatable bonds is 4. The maximum Gasteiger partial charge on any atom is 0.276 e. The number of benzene rings is 1. The second-order valence-electron chi connectivity index (χ2n) is 11.2. The number of thiazole rings is 1. The van der Waals surface area contributed by atoms with Crippen LogP contribution in [0.1, 0.15) is 80.5 Å². The van der Waals surface area contributed by atoms with Crippen molar-refractivity contribution < 1.29 is 9.59 Å². The highest BCUT2D eigenvalue weighted by molar-refractivity contribution is 7.09. The van der Waals surface area contributed by atoms with E-state index in [-0.39, 0.29) is 17.7 Å². The van der Waals surface area contributed by atoms with E-state index in [2.05, 4.69) is 50.7 Å². The highest BCUT2D eigenvalue weighted by Gasteiger charge is 2.31. The Balaban J connectivity index is 0.957. The predicted octanol–water partition coefficient (Wildman–Crippen LogP) is 4.72. The molecule has 0 radical (unpaired) electrons. The number of fused-ring (bicyclic) bond motifs is 2. The number of aryl methyl sites for hydroxylation is 2. The number of nitrogens with zero attached hydrogens (tertiary/aromatic N) is 7. The van der Waals surface area contributed by atoms with Crippen molar-refractivity contribution in [2.45, 2.75) is 51.4 Å². The molecule has 0 bridgehead atoms. The van der Waals surface area contributed by atoms with Gasteiger partial charge in [0.2, 0.25) is 0 Å². The van der Waals surface area contributed by atoms with E-state index in [9.17, 15) is 9.59 Å². The average molecular weight is 569 g/mol. The summed E-state index contributed by atoms with van der Waals surface area (Å²) in [6.07, 6.45) is 5.64. The average Bonchev–Trinajstić information content (AvgIpc) is 3.75. The first kappa shape index (κ1) is 25.8. The smallest absolute Gasteiger partial charge is 0.276 e. The van der Waals surface area contributed by atoms with Crippen LogP contribution in [0.15, 0.2) is 41.9 Å². The van der Waals surface area contributed by atoms with Gasteiger partial charge in [-0.1, -0.05) is 18.2 Å². The molecule has 5 aromatic rings. The van der Waals surface area contributed by atoms with E-state index in [4.69, 9.17) is 4.98 Å². The number of amides is 2. The molecule has 210 valence electrons. The Morgan fingerprint density at radius 1 is 0.927 bits per heavy atom. The number of carbonyl (C=O) groups is 2. The zero-order chi connectivity index (χ0) is 28.1. The molecule has 1 N–H and O–H groups in total. The fraction of sp³-hybridized carbons (Fsp3) is 0.400. The number of piperidine rings is 2. The van der Waals surface area contributed by atoms with Crippen molar-refractivity contribution in [3.8, 4) is 0 Å². The van der Waals surface area contributed by atoms with E-state index in [1.54, 1.807) is 15.9 Å². The Morgan fingerprint density at radius 3 is 2.41 bits per heavy atom. The fourth-order valence-electron chi connectivity index (χ4n) is 6.32. The van der Waals surface area contributed by atoms with Gasteiger partial charge in [-0.3, -0.25) is 9.59 Å². The van der Waals surface area contributed by atoms with Gasteiger partial charge in [0, 0.05) is 60.6 Å². The second-order valence-corrected chi connectivity index (χ2v) is 12.1. The molecule has 11 heteroatoms. The molecule has 0 unspecified atom stereocenters. The maximum atomic E-state index is 13.3. The molecule has 0 atom stereocenters. The van der Waals surface area contributed by atoms with E-state index < -0.39 is 0 Å². The van der Waals surface area contributed by atoms with Crippen molar-refractivity contribution in [3.05, 3.63) is 75.3 Å². The van der Waals surface area contributed by atoms with Gasteiger partial charge < -0.3 is 14.8 Å². The number of nitrogens with one attached hydrogen (secondary N) is 1. The van der Waals surface area contributed by atoms with Gasteiger partial charge >= 0.3 is 0 Å². The molecule has 7 rings (SSSR count). The summed E-state index contributed by atoms with van der Waals surface area (Å²) in [6, 6.07) is 10.3. The van der Waals surface area contributed by atoms with Crippen LogP contribution in [0.25, 0.3) is 16.6 Å². The summed E-state index contributed by atoms with van der Waals surface area (Å²) in [5, 5.41) is 17.0. The molecule has 41 heavy (non-hydrogen) atoms. The second kappa shape index (κ2) is 10.4. The quantitative estimate of drug-likeness (QED) is 0.336. The lowest BCUT2D eigenvalue weighted by Gasteiger charge is -2.32. The van der Waals surface area contributed by atoms with E-state index in [0.29, 0.717) is 41.7 Å². The number of hydrogen-bond donors (Lipinski definition) is 1. The summed E-state index contributed by atoms with van der Waals surface area (Å²) in [7, 11) is 0. The fourth-order valence-corrected chi connectivity index (χ4v) is 7.28. The molecule has 2 aliphatic rings. The van der Waals surface area contributed by atoms with Gasteiger partial charge in [0.1, 0.15) is 5.69 Å². The Bertz CT molecular complexity index is 1750. The standard InChI is InChI=1S/C30H32N8O2S/c1-18-15-26-33-34-27(19(2)38(26)35-18)30(40)37-13-9-21(10-14-37)28-32-25(17-41-28)29(39)36-11-7-20(8-12-36)23-16-31-24-6-4-3-5-22(23)24/h3-6,15-17,20-21,31H,7-14H2,1-2H3. The third kappa shape index (κ3) is 4.67. The van der Waals surface area contributed by atoms with Gasteiger partial charge in [-0.15, -0.1) is 21.5 Å². The summed E-state index contributed by atoms with van der Waals surface area (Å²) in [4.78, 5) is 38.5. The first-order valence-corrected chi connectivity index (χ1v) is 15.1. The molecule has 0 spiro atoms. The van der Waals surface area contributed by atoms with Crippen LogP contribution >= 0.6 is 11.3 Å². The van der Waals surface area contributed by atoms with Gasteiger partial charge in [0.15, 0.2) is 11.3 Å². The summed E-state index contributed by atoms with van der Waals surface area (Å²) in [5.41, 5.74) is 5.58.